The van der Waals surface area contributed by atoms with Crippen LogP contribution in [0.15, 0.2) is 77.3 Å². The molecule has 0 aliphatic carbocycles. The number of hydrogen-bond donors (Lipinski definition) is 0. The van der Waals surface area contributed by atoms with Crippen LogP contribution in [-0.2, 0) is 27.4 Å². The van der Waals surface area contributed by atoms with E-state index in [1.807, 2.05) is 24.3 Å². The molecule has 0 amide bonds. The Hall–Kier alpha value is -1.98. The lowest BCUT2D eigenvalue weighted by Crippen LogP contribution is -2.48. The van der Waals surface area contributed by atoms with E-state index in [-0.39, 0.29) is 24.2 Å². The van der Waals surface area contributed by atoms with Crippen LogP contribution >= 0.6 is 15.9 Å². The second-order valence-corrected chi connectivity index (χ2v) is 10.8. The molecule has 1 fully saturated rings. The maximum atomic E-state index is 6.83. The summed E-state index contributed by atoms with van der Waals surface area (Å²) in [6, 6.07) is 25.1. The van der Waals surface area contributed by atoms with Crippen LogP contribution in [0.4, 0.5) is 0 Å². The fourth-order valence-corrected chi connectivity index (χ4v) is 6.02. The number of ether oxygens (including phenoxy) is 3. The van der Waals surface area contributed by atoms with Crippen LogP contribution < -0.4 is 0 Å². The van der Waals surface area contributed by atoms with Gasteiger partial charge in [0.2, 0.25) is 0 Å². The largest absolute Gasteiger partial charge is 0.374 e. The van der Waals surface area contributed by atoms with Crippen molar-refractivity contribution in [3.63, 3.8) is 0 Å². The van der Waals surface area contributed by atoms with Crippen molar-refractivity contribution in [2.24, 2.45) is 5.92 Å². The van der Waals surface area contributed by atoms with Crippen LogP contribution in [0, 0.1) is 19.8 Å². The summed E-state index contributed by atoms with van der Waals surface area (Å²) in [5.74, 6) is 0.551. The second kappa shape index (κ2) is 12.3. The van der Waals surface area contributed by atoms with Crippen molar-refractivity contribution in [2.45, 2.75) is 71.6 Å². The number of rotatable bonds is 9. The van der Waals surface area contributed by atoms with Gasteiger partial charge in [-0.1, -0.05) is 90.4 Å². The Kier molecular flexibility index (Phi) is 9.18. The lowest BCUT2D eigenvalue weighted by molar-refractivity contribution is -0.186. The van der Waals surface area contributed by atoms with Gasteiger partial charge in [0.15, 0.2) is 0 Å². The van der Waals surface area contributed by atoms with Gasteiger partial charge in [0, 0.05) is 10.4 Å². The van der Waals surface area contributed by atoms with E-state index in [1.165, 1.54) is 27.8 Å². The first-order valence-corrected chi connectivity index (χ1v) is 13.4. The van der Waals surface area contributed by atoms with Gasteiger partial charge in [-0.15, -0.1) is 0 Å². The van der Waals surface area contributed by atoms with Gasteiger partial charge in [-0.05, 0) is 66.1 Å². The zero-order valence-corrected chi connectivity index (χ0v) is 22.8. The summed E-state index contributed by atoms with van der Waals surface area (Å²) >= 11 is 3.65. The maximum absolute atomic E-state index is 6.83. The van der Waals surface area contributed by atoms with Crippen molar-refractivity contribution in [1.82, 2.24) is 0 Å². The molecule has 0 spiro atoms. The monoisotopic (exact) mass is 536 g/mol. The summed E-state index contributed by atoms with van der Waals surface area (Å²) in [4.78, 5) is 0. The molecule has 3 aromatic rings. The van der Waals surface area contributed by atoms with Gasteiger partial charge < -0.3 is 14.2 Å². The molecule has 35 heavy (non-hydrogen) atoms. The van der Waals surface area contributed by atoms with Gasteiger partial charge in [0.05, 0.1) is 38.1 Å². The summed E-state index contributed by atoms with van der Waals surface area (Å²) in [5, 5.41) is 0. The molecule has 0 radical (unpaired) electrons. The Bertz CT molecular complexity index is 1050. The van der Waals surface area contributed by atoms with Crippen molar-refractivity contribution in [1.29, 1.82) is 0 Å². The van der Waals surface area contributed by atoms with Crippen molar-refractivity contribution < 1.29 is 14.2 Å². The minimum absolute atomic E-state index is 0.0213. The summed E-state index contributed by atoms with van der Waals surface area (Å²) in [6.45, 7) is 10.7. The van der Waals surface area contributed by atoms with E-state index < -0.39 is 0 Å². The Morgan fingerprint density at radius 3 is 2.09 bits per heavy atom. The summed E-state index contributed by atoms with van der Waals surface area (Å²) in [5.41, 5.74) is 6.29. The average Bonchev–Trinajstić information content (AvgIpc) is 2.84. The molecule has 0 N–H and O–H groups in total. The lowest BCUT2D eigenvalue weighted by Gasteiger charge is -2.43. The van der Waals surface area contributed by atoms with Gasteiger partial charge in [-0.3, -0.25) is 0 Å². The van der Waals surface area contributed by atoms with Gasteiger partial charge in [-0.2, -0.15) is 0 Å². The third-order valence-corrected chi connectivity index (χ3v) is 7.60. The van der Waals surface area contributed by atoms with Gasteiger partial charge in [-0.25, -0.2) is 0 Å². The third-order valence-electron chi connectivity index (χ3n) is 7.14. The molecule has 0 bridgehead atoms. The number of benzene rings is 3. The highest BCUT2D eigenvalue weighted by Crippen LogP contribution is 2.38. The molecule has 0 saturated carbocycles. The first kappa shape index (κ1) is 26.1. The van der Waals surface area contributed by atoms with Crippen molar-refractivity contribution in [2.75, 3.05) is 6.61 Å². The third kappa shape index (κ3) is 6.83. The van der Waals surface area contributed by atoms with Gasteiger partial charge in [0.25, 0.3) is 0 Å². The molecule has 1 heterocycles. The first-order chi connectivity index (χ1) is 16.9. The van der Waals surface area contributed by atoms with Crippen molar-refractivity contribution >= 4 is 15.9 Å². The second-order valence-electron chi connectivity index (χ2n) is 9.93. The molecule has 186 valence electrons. The minimum atomic E-state index is -0.0428. The van der Waals surface area contributed by atoms with Gasteiger partial charge in [0.1, 0.15) is 0 Å². The Morgan fingerprint density at radius 2 is 1.49 bits per heavy atom. The molecule has 1 saturated heterocycles. The molecular weight excluding hydrogens is 500 g/mol. The minimum Gasteiger partial charge on any atom is -0.374 e. The van der Waals surface area contributed by atoms with Gasteiger partial charge >= 0.3 is 0 Å². The number of halogens is 1. The van der Waals surface area contributed by atoms with E-state index in [0.717, 1.165) is 10.9 Å². The Morgan fingerprint density at radius 1 is 0.914 bits per heavy atom. The fraction of sp³-hybridized carbons (Fsp3) is 0.419. The van der Waals surface area contributed by atoms with E-state index in [1.54, 1.807) is 0 Å². The fourth-order valence-electron chi connectivity index (χ4n) is 5.33. The van der Waals surface area contributed by atoms with E-state index in [9.17, 15) is 0 Å². The zero-order valence-electron chi connectivity index (χ0n) is 21.2. The highest BCUT2D eigenvalue weighted by Gasteiger charge is 2.40. The summed E-state index contributed by atoms with van der Waals surface area (Å²) in [7, 11) is 0. The van der Waals surface area contributed by atoms with Crippen LogP contribution in [0.25, 0.3) is 0 Å². The smallest absolute Gasteiger partial charge is 0.0907 e. The zero-order chi connectivity index (χ0) is 24.8. The summed E-state index contributed by atoms with van der Waals surface area (Å²) in [6.07, 6.45) is 0.973. The highest BCUT2D eigenvalue weighted by molar-refractivity contribution is 9.10. The average molecular weight is 538 g/mol. The predicted molar refractivity (Wildman–Crippen MR) is 146 cm³/mol. The first-order valence-electron chi connectivity index (χ1n) is 12.6. The van der Waals surface area contributed by atoms with Crippen molar-refractivity contribution in [3.05, 3.63) is 105 Å². The molecule has 4 heteroatoms. The standard InChI is InChI=1S/C31H37BrO3/c1-21-17-28(34-19-26-13-9-6-10-14-26)31(24(4)30-22(2)15-27(32)16-23(30)3)35-29(21)20-33-18-25-11-7-5-8-12-25/h5-16,21,24,28-29,31H,17-20H2,1-4H3/t21-,24-,28?,29?,31+/m0/s1. The number of hydrogen-bond acceptors (Lipinski definition) is 3. The van der Waals surface area contributed by atoms with Crippen molar-refractivity contribution in [3.8, 4) is 0 Å². The topological polar surface area (TPSA) is 27.7 Å². The number of aryl methyl sites for hydroxylation is 2. The molecule has 4 rings (SSSR count). The molecule has 5 atom stereocenters. The molecule has 3 nitrogen and oxygen atoms in total. The van der Waals surface area contributed by atoms with Crippen LogP contribution in [-0.4, -0.2) is 24.9 Å². The molecular formula is C31H37BrO3. The molecule has 1 aliphatic rings. The quantitative estimate of drug-likeness (QED) is 0.279. The highest BCUT2D eigenvalue weighted by atomic mass is 79.9. The Labute approximate surface area is 218 Å². The van der Waals surface area contributed by atoms with E-state index >= 15 is 0 Å². The predicted octanol–water partition coefficient (Wildman–Crippen LogP) is 7.77. The van der Waals surface area contributed by atoms with E-state index in [4.69, 9.17) is 14.2 Å². The van der Waals surface area contributed by atoms with Crippen LogP contribution in [0.3, 0.4) is 0 Å². The molecule has 3 aromatic carbocycles. The van der Waals surface area contributed by atoms with Crippen LogP contribution in [0.2, 0.25) is 0 Å². The normalized spacial score (nSPS) is 23.2. The van der Waals surface area contributed by atoms with Crippen LogP contribution in [0.1, 0.15) is 54.0 Å². The molecule has 0 aromatic heterocycles. The Balaban J connectivity index is 1.51. The molecule has 1 aliphatic heterocycles. The molecule has 2 unspecified atom stereocenters. The SMILES string of the molecule is Cc1cc(Br)cc(C)c1[C@H](C)[C@H]1OC(COCc2ccccc2)[C@@H](C)CC1OCc1ccccc1. The van der Waals surface area contributed by atoms with E-state index in [0.29, 0.717) is 25.7 Å². The maximum Gasteiger partial charge on any atom is 0.0907 e. The van der Waals surface area contributed by atoms with Crippen LogP contribution in [0.5, 0.6) is 0 Å². The summed E-state index contributed by atoms with van der Waals surface area (Å²) < 4.78 is 20.6. The van der Waals surface area contributed by atoms with E-state index in [2.05, 4.69) is 92.2 Å². The lowest BCUT2D eigenvalue weighted by atomic mass is 9.81.